The zero-order valence-electron chi connectivity index (χ0n) is 9.16. The van der Waals surface area contributed by atoms with Crippen molar-refractivity contribution in [2.24, 2.45) is 0 Å². The van der Waals surface area contributed by atoms with Crippen LogP contribution in [0, 0.1) is 0 Å². The van der Waals surface area contributed by atoms with Crippen LogP contribution in [0.15, 0.2) is 18.2 Å². The van der Waals surface area contributed by atoms with Gasteiger partial charge in [-0.1, -0.05) is 6.07 Å². The van der Waals surface area contributed by atoms with Crippen LogP contribution in [-0.4, -0.2) is 33.3 Å². The molecule has 0 aliphatic carbocycles. The minimum Gasteiger partial charge on any atom is -0.496 e. The molecular weight excluding hydrogens is 188 g/mol. The number of benzene rings is 1. The van der Waals surface area contributed by atoms with Crippen LogP contribution in [0.25, 0.3) is 0 Å². The van der Waals surface area contributed by atoms with Crippen LogP contribution in [0.4, 0.5) is 5.69 Å². The van der Waals surface area contributed by atoms with E-state index < -0.39 is 0 Å². The lowest BCUT2D eigenvalue weighted by Crippen LogP contribution is -2.31. The summed E-state index contributed by atoms with van der Waals surface area (Å²) in [4.78, 5) is 2.38. The van der Waals surface area contributed by atoms with Gasteiger partial charge in [0, 0.05) is 43.3 Å². The Bertz CT molecular complexity index is 391. The molecule has 2 aliphatic heterocycles. The summed E-state index contributed by atoms with van der Waals surface area (Å²) < 4.78 is 5.46. The standard InChI is InChI=1S/C12H16N2O/c1-14-9-4-3-5-11(15-2)12(9)8-6-13-7-10(8)14/h3-5,8,10,13H,6-7H2,1-2H3. The van der Waals surface area contributed by atoms with Crippen LogP contribution < -0.4 is 15.0 Å². The van der Waals surface area contributed by atoms with E-state index in [1.54, 1.807) is 7.11 Å². The molecule has 2 heterocycles. The van der Waals surface area contributed by atoms with E-state index in [4.69, 9.17) is 4.74 Å². The molecule has 2 aliphatic rings. The van der Waals surface area contributed by atoms with Crippen molar-refractivity contribution in [2.75, 3.05) is 32.1 Å². The molecule has 0 aromatic heterocycles. The zero-order chi connectivity index (χ0) is 10.4. The van der Waals surface area contributed by atoms with Gasteiger partial charge < -0.3 is 15.0 Å². The molecule has 1 fully saturated rings. The molecule has 3 nitrogen and oxygen atoms in total. The summed E-state index contributed by atoms with van der Waals surface area (Å²) in [7, 11) is 3.93. The molecule has 1 aromatic carbocycles. The minimum absolute atomic E-state index is 0.598. The lowest BCUT2D eigenvalue weighted by atomic mass is 9.97. The Balaban J connectivity index is 2.15. The van der Waals surface area contributed by atoms with Gasteiger partial charge in [0.1, 0.15) is 5.75 Å². The van der Waals surface area contributed by atoms with Crippen LogP contribution in [-0.2, 0) is 0 Å². The monoisotopic (exact) mass is 204 g/mol. The quantitative estimate of drug-likeness (QED) is 0.744. The van der Waals surface area contributed by atoms with Crippen molar-refractivity contribution in [1.29, 1.82) is 0 Å². The Kier molecular flexibility index (Phi) is 1.89. The summed E-state index contributed by atoms with van der Waals surface area (Å²) in [5.74, 6) is 1.64. The topological polar surface area (TPSA) is 24.5 Å². The molecule has 0 radical (unpaired) electrons. The van der Waals surface area contributed by atoms with E-state index in [-0.39, 0.29) is 0 Å². The number of fused-ring (bicyclic) bond motifs is 3. The zero-order valence-corrected chi connectivity index (χ0v) is 9.16. The fourth-order valence-corrected chi connectivity index (χ4v) is 2.94. The molecule has 3 rings (SSSR count). The average molecular weight is 204 g/mol. The summed E-state index contributed by atoms with van der Waals surface area (Å²) in [6.07, 6.45) is 0. The molecule has 2 unspecified atom stereocenters. The summed E-state index contributed by atoms with van der Waals surface area (Å²) in [5, 5.41) is 3.45. The van der Waals surface area contributed by atoms with Crippen LogP contribution in [0.5, 0.6) is 5.75 Å². The molecule has 0 spiro atoms. The van der Waals surface area contributed by atoms with Gasteiger partial charge in [0.2, 0.25) is 0 Å². The van der Waals surface area contributed by atoms with E-state index in [2.05, 4.69) is 35.5 Å². The van der Waals surface area contributed by atoms with E-state index in [9.17, 15) is 0 Å². The van der Waals surface area contributed by atoms with Gasteiger partial charge in [-0.15, -0.1) is 0 Å². The van der Waals surface area contributed by atoms with Crippen molar-refractivity contribution in [3.05, 3.63) is 23.8 Å². The molecule has 2 atom stereocenters. The fourth-order valence-electron chi connectivity index (χ4n) is 2.94. The van der Waals surface area contributed by atoms with Gasteiger partial charge in [0.25, 0.3) is 0 Å². The predicted molar refractivity (Wildman–Crippen MR) is 60.8 cm³/mol. The third-order valence-electron chi connectivity index (χ3n) is 3.69. The van der Waals surface area contributed by atoms with Gasteiger partial charge >= 0.3 is 0 Å². The van der Waals surface area contributed by atoms with Gasteiger partial charge in [-0.2, -0.15) is 0 Å². The maximum Gasteiger partial charge on any atom is 0.124 e. The van der Waals surface area contributed by atoms with Gasteiger partial charge in [-0.05, 0) is 12.1 Å². The van der Waals surface area contributed by atoms with E-state index in [1.165, 1.54) is 11.3 Å². The van der Waals surface area contributed by atoms with E-state index in [0.29, 0.717) is 12.0 Å². The van der Waals surface area contributed by atoms with Gasteiger partial charge in [-0.3, -0.25) is 0 Å². The SMILES string of the molecule is COc1cccc2c1C1CNCC1N2C. The molecule has 80 valence electrons. The van der Waals surface area contributed by atoms with Crippen LogP contribution >= 0.6 is 0 Å². The molecule has 15 heavy (non-hydrogen) atoms. The van der Waals surface area contributed by atoms with Crippen molar-refractivity contribution in [2.45, 2.75) is 12.0 Å². The van der Waals surface area contributed by atoms with E-state index >= 15 is 0 Å². The second-order valence-corrected chi connectivity index (χ2v) is 4.34. The molecular formula is C12H16N2O. The number of anilines is 1. The summed E-state index contributed by atoms with van der Waals surface area (Å²) in [5.41, 5.74) is 2.73. The number of hydrogen-bond donors (Lipinski definition) is 1. The second-order valence-electron chi connectivity index (χ2n) is 4.34. The molecule has 3 heteroatoms. The van der Waals surface area contributed by atoms with Crippen molar-refractivity contribution < 1.29 is 4.74 Å². The number of methoxy groups -OCH3 is 1. The van der Waals surface area contributed by atoms with E-state index in [0.717, 1.165) is 18.8 Å². The van der Waals surface area contributed by atoms with Crippen LogP contribution in [0.2, 0.25) is 0 Å². The highest BCUT2D eigenvalue weighted by molar-refractivity contribution is 5.67. The third-order valence-corrected chi connectivity index (χ3v) is 3.69. The summed E-state index contributed by atoms with van der Waals surface area (Å²) in [6, 6.07) is 6.93. The molecule has 1 saturated heterocycles. The first-order chi connectivity index (χ1) is 7.33. The lowest BCUT2D eigenvalue weighted by Gasteiger charge is -2.20. The Morgan fingerprint density at radius 2 is 2.27 bits per heavy atom. The highest BCUT2D eigenvalue weighted by atomic mass is 16.5. The van der Waals surface area contributed by atoms with Crippen molar-refractivity contribution >= 4 is 5.69 Å². The van der Waals surface area contributed by atoms with Crippen molar-refractivity contribution in [3.63, 3.8) is 0 Å². The van der Waals surface area contributed by atoms with Crippen LogP contribution in [0.1, 0.15) is 11.5 Å². The molecule has 1 N–H and O–H groups in total. The number of likely N-dealkylation sites (N-methyl/N-ethyl adjacent to an activating group) is 1. The summed E-state index contributed by atoms with van der Waals surface area (Å²) in [6.45, 7) is 2.15. The lowest BCUT2D eigenvalue weighted by molar-refractivity contribution is 0.407. The van der Waals surface area contributed by atoms with Crippen LogP contribution in [0.3, 0.4) is 0 Å². The Morgan fingerprint density at radius 1 is 1.40 bits per heavy atom. The third kappa shape index (κ3) is 1.10. The van der Waals surface area contributed by atoms with Crippen molar-refractivity contribution in [3.8, 4) is 5.75 Å². The first-order valence-electron chi connectivity index (χ1n) is 5.43. The molecule has 1 aromatic rings. The predicted octanol–water partition coefficient (Wildman–Crippen LogP) is 1.20. The highest BCUT2D eigenvalue weighted by Crippen LogP contribution is 2.46. The normalized spacial score (nSPS) is 27.7. The maximum absolute atomic E-state index is 5.46. The second kappa shape index (κ2) is 3.14. The average Bonchev–Trinajstić information content (AvgIpc) is 2.83. The molecule has 0 saturated carbocycles. The number of nitrogens with zero attached hydrogens (tertiary/aromatic N) is 1. The number of nitrogens with one attached hydrogen (secondary N) is 1. The first kappa shape index (κ1) is 9.04. The maximum atomic E-state index is 5.46. The van der Waals surface area contributed by atoms with Gasteiger partial charge in [0.15, 0.2) is 0 Å². The largest absolute Gasteiger partial charge is 0.496 e. The summed E-state index contributed by atoms with van der Waals surface area (Å²) >= 11 is 0. The number of rotatable bonds is 1. The number of hydrogen-bond acceptors (Lipinski definition) is 3. The Hall–Kier alpha value is -1.22. The highest BCUT2D eigenvalue weighted by Gasteiger charge is 2.41. The molecule has 0 amide bonds. The van der Waals surface area contributed by atoms with Gasteiger partial charge in [-0.25, -0.2) is 0 Å². The Morgan fingerprint density at radius 3 is 3.07 bits per heavy atom. The Labute approximate surface area is 90.0 Å². The van der Waals surface area contributed by atoms with Crippen molar-refractivity contribution in [1.82, 2.24) is 5.32 Å². The van der Waals surface area contributed by atoms with E-state index in [1.807, 2.05) is 0 Å². The minimum atomic E-state index is 0.598. The fraction of sp³-hybridized carbons (Fsp3) is 0.500. The number of ether oxygens (including phenoxy) is 1. The first-order valence-corrected chi connectivity index (χ1v) is 5.43. The molecule has 0 bridgehead atoms. The van der Waals surface area contributed by atoms with Gasteiger partial charge in [0.05, 0.1) is 7.11 Å². The smallest absolute Gasteiger partial charge is 0.124 e.